The smallest absolute Gasteiger partial charge is 0.273 e. The summed E-state index contributed by atoms with van der Waals surface area (Å²) in [5, 5.41) is 20.3. The van der Waals surface area contributed by atoms with Crippen LogP contribution in [0.25, 0.3) is 5.69 Å². The lowest BCUT2D eigenvalue weighted by Gasteiger charge is -2.11. The molecule has 1 fully saturated rings. The molecule has 1 aromatic heterocycles. The molecule has 1 saturated carbocycles. The molecule has 0 aliphatic heterocycles. The second-order valence-corrected chi connectivity index (χ2v) is 5.20. The van der Waals surface area contributed by atoms with Crippen molar-refractivity contribution >= 4 is 5.91 Å². The Bertz CT molecular complexity index is 605. The van der Waals surface area contributed by atoms with Crippen molar-refractivity contribution in [3.63, 3.8) is 0 Å². The first-order valence-corrected chi connectivity index (χ1v) is 6.59. The van der Waals surface area contributed by atoms with Crippen molar-refractivity contribution < 1.29 is 9.90 Å². The highest BCUT2D eigenvalue weighted by Crippen LogP contribution is 2.44. The van der Waals surface area contributed by atoms with E-state index in [4.69, 9.17) is 0 Å². The van der Waals surface area contributed by atoms with E-state index in [0.29, 0.717) is 6.54 Å². The molecule has 3 rings (SSSR count). The number of aliphatic hydroxyl groups is 1. The molecular weight excluding hydrogens is 256 g/mol. The van der Waals surface area contributed by atoms with Gasteiger partial charge in [-0.25, -0.2) is 0 Å². The summed E-state index contributed by atoms with van der Waals surface area (Å²) in [5.74, 6) is -0.257. The van der Waals surface area contributed by atoms with Gasteiger partial charge in [-0.15, -0.1) is 5.10 Å². The van der Waals surface area contributed by atoms with E-state index in [2.05, 4.69) is 15.5 Å². The predicted molar refractivity (Wildman–Crippen MR) is 72.4 cm³/mol. The SMILES string of the molecule is O=C(NCC1(CO)CC1)c1cnn(-c2ccccc2)n1. The molecule has 20 heavy (non-hydrogen) atoms. The molecular formula is C14H16N4O2. The Kier molecular flexibility index (Phi) is 3.23. The molecule has 0 radical (unpaired) electrons. The zero-order chi connectivity index (χ0) is 14.0. The quantitative estimate of drug-likeness (QED) is 0.842. The lowest BCUT2D eigenvalue weighted by atomic mass is 10.1. The zero-order valence-electron chi connectivity index (χ0n) is 11.0. The average molecular weight is 272 g/mol. The summed E-state index contributed by atoms with van der Waals surface area (Å²) in [6.07, 6.45) is 3.36. The van der Waals surface area contributed by atoms with E-state index in [0.717, 1.165) is 18.5 Å². The Morgan fingerprint density at radius 2 is 2.10 bits per heavy atom. The van der Waals surface area contributed by atoms with Crippen LogP contribution in [-0.4, -0.2) is 39.2 Å². The highest BCUT2D eigenvalue weighted by atomic mass is 16.3. The minimum absolute atomic E-state index is 0.106. The van der Waals surface area contributed by atoms with Gasteiger partial charge in [0.15, 0.2) is 5.69 Å². The molecule has 1 aromatic carbocycles. The van der Waals surface area contributed by atoms with Crippen LogP contribution in [0.4, 0.5) is 0 Å². The van der Waals surface area contributed by atoms with Crippen LogP contribution in [0.5, 0.6) is 0 Å². The van der Waals surface area contributed by atoms with Crippen LogP contribution < -0.4 is 5.32 Å². The summed E-state index contributed by atoms with van der Waals surface area (Å²) in [7, 11) is 0. The first kappa shape index (κ1) is 12.8. The monoisotopic (exact) mass is 272 g/mol. The molecule has 1 aliphatic carbocycles. The minimum atomic E-state index is -0.257. The van der Waals surface area contributed by atoms with Gasteiger partial charge in [-0.05, 0) is 25.0 Å². The maximum atomic E-state index is 12.0. The summed E-state index contributed by atoms with van der Waals surface area (Å²) in [5.41, 5.74) is 0.980. The number of nitrogens with one attached hydrogen (secondary N) is 1. The first-order chi connectivity index (χ1) is 9.72. The third kappa shape index (κ3) is 2.55. The number of rotatable bonds is 5. The van der Waals surface area contributed by atoms with Crippen LogP contribution in [0, 0.1) is 5.41 Å². The van der Waals surface area contributed by atoms with Gasteiger partial charge >= 0.3 is 0 Å². The molecule has 0 unspecified atom stereocenters. The lowest BCUT2D eigenvalue weighted by Crippen LogP contribution is -2.32. The van der Waals surface area contributed by atoms with E-state index < -0.39 is 0 Å². The van der Waals surface area contributed by atoms with E-state index in [-0.39, 0.29) is 23.6 Å². The maximum Gasteiger partial charge on any atom is 0.273 e. The Hall–Kier alpha value is -2.21. The van der Waals surface area contributed by atoms with Gasteiger partial charge < -0.3 is 10.4 Å². The van der Waals surface area contributed by atoms with Crippen LogP contribution in [-0.2, 0) is 0 Å². The maximum absolute atomic E-state index is 12.0. The number of aliphatic hydroxyl groups excluding tert-OH is 1. The number of carbonyl (C=O) groups excluding carboxylic acids is 1. The molecule has 1 heterocycles. The fourth-order valence-electron chi connectivity index (χ4n) is 1.98. The van der Waals surface area contributed by atoms with Crippen molar-refractivity contribution in [3.8, 4) is 5.69 Å². The number of benzene rings is 1. The largest absolute Gasteiger partial charge is 0.396 e. The van der Waals surface area contributed by atoms with E-state index >= 15 is 0 Å². The van der Waals surface area contributed by atoms with E-state index in [1.54, 1.807) is 0 Å². The van der Waals surface area contributed by atoms with E-state index in [1.807, 2.05) is 30.3 Å². The molecule has 0 spiro atoms. The Balaban J connectivity index is 1.66. The van der Waals surface area contributed by atoms with Gasteiger partial charge in [0.25, 0.3) is 5.91 Å². The van der Waals surface area contributed by atoms with E-state index in [1.165, 1.54) is 11.0 Å². The van der Waals surface area contributed by atoms with Gasteiger partial charge in [0.1, 0.15) is 0 Å². The van der Waals surface area contributed by atoms with E-state index in [9.17, 15) is 9.90 Å². The fourth-order valence-corrected chi connectivity index (χ4v) is 1.98. The highest BCUT2D eigenvalue weighted by molar-refractivity contribution is 5.91. The van der Waals surface area contributed by atoms with Crippen molar-refractivity contribution in [1.29, 1.82) is 0 Å². The molecule has 6 nitrogen and oxygen atoms in total. The average Bonchev–Trinajstić information content (AvgIpc) is 3.12. The molecule has 2 N–H and O–H groups in total. The van der Waals surface area contributed by atoms with Crippen molar-refractivity contribution in [2.75, 3.05) is 13.2 Å². The summed E-state index contributed by atoms with van der Waals surface area (Å²) in [4.78, 5) is 13.4. The Morgan fingerprint density at radius 3 is 2.75 bits per heavy atom. The van der Waals surface area contributed by atoms with Crippen molar-refractivity contribution in [2.24, 2.45) is 5.41 Å². The summed E-state index contributed by atoms with van der Waals surface area (Å²) in [6.45, 7) is 0.602. The summed E-state index contributed by atoms with van der Waals surface area (Å²) in [6, 6.07) is 9.41. The standard InChI is InChI=1S/C14H16N4O2/c19-10-14(6-7-14)9-15-13(20)12-8-16-18(17-12)11-4-2-1-3-5-11/h1-5,8,19H,6-7,9-10H2,(H,15,20). The number of amides is 1. The topological polar surface area (TPSA) is 80.0 Å². The minimum Gasteiger partial charge on any atom is -0.396 e. The third-order valence-corrected chi connectivity index (χ3v) is 3.63. The van der Waals surface area contributed by atoms with Gasteiger partial charge in [-0.2, -0.15) is 9.90 Å². The second-order valence-electron chi connectivity index (χ2n) is 5.20. The molecule has 6 heteroatoms. The number of nitrogens with zero attached hydrogens (tertiary/aromatic N) is 3. The van der Waals surface area contributed by atoms with Gasteiger partial charge in [0.2, 0.25) is 0 Å². The molecule has 0 saturated heterocycles. The molecule has 0 atom stereocenters. The van der Waals surface area contributed by atoms with Crippen molar-refractivity contribution in [1.82, 2.24) is 20.3 Å². The third-order valence-electron chi connectivity index (χ3n) is 3.63. The first-order valence-electron chi connectivity index (χ1n) is 6.59. The molecule has 0 bridgehead atoms. The van der Waals surface area contributed by atoms with Crippen LogP contribution in [0.1, 0.15) is 23.3 Å². The van der Waals surface area contributed by atoms with Crippen LogP contribution >= 0.6 is 0 Å². The Labute approximate surface area is 116 Å². The van der Waals surface area contributed by atoms with Crippen molar-refractivity contribution in [2.45, 2.75) is 12.8 Å². The second kappa shape index (κ2) is 5.05. The van der Waals surface area contributed by atoms with Gasteiger partial charge in [0.05, 0.1) is 18.5 Å². The fraction of sp³-hybridized carbons (Fsp3) is 0.357. The molecule has 2 aromatic rings. The van der Waals surface area contributed by atoms with Crippen LogP contribution in [0.15, 0.2) is 36.5 Å². The highest BCUT2D eigenvalue weighted by Gasteiger charge is 2.42. The van der Waals surface area contributed by atoms with Crippen LogP contribution in [0.3, 0.4) is 0 Å². The number of carbonyl (C=O) groups is 1. The number of hydrogen-bond acceptors (Lipinski definition) is 4. The molecule has 1 aliphatic rings. The summed E-state index contributed by atoms with van der Waals surface area (Å²) < 4.78 is 0. The van der Waals surface area contributed by atoms with Gasteiger partial charge in [0, 0.05) is 12.0 Å². The van der Waals surface area contributed by atoms with Crippen LogP contribution in [0.2, 0.25) is 0 Å². The van der Waals surface area contributed by atoms with Gasteiger partial charge in [-0.1, -0.05) is 18.2 Å². The Morgan fingerprint density at radius 1 is 1.35 bits per heavy atom. The molecule has 1 amide bonds. The normalized spacial score (nSPS) is 15.8. The summed E-state index contributed by atoms with van der Waals surface area (Å²) >= 11 is 0. The number of para-hydroxylation sites is 1. The lowest BCUT2D eigenvalue weighted by molar-refractivity contribution is 0.0930. The number of hydrogen-bond donors (Lipinski definition) is 2. The van der Waals surface area contributed by atoms with Gasteiger partial charge in [-0.3, -0.25) is 4.79 Å². The zero-order valence-corrected chi connectivity index (χ0v) is 11.0. The predicted octanol–water partition coefficient (Wildman–Crippen LogP) is 0.770. The molecule has 104 valence electrons. The number of aromatic nitrogens is 3. The van der Waals surface area contributed by atoms with Crippen molar-refractivity contribution in [3.05, 3.63) is 42.2 Å².